The molecular weight excluding hydrogens is 292 g/mol. The van der Waals surface area contributed by atoms with Crippen LogP contribution in [0.2, 0.25) is 0 Å². The van der Waals surface area contributed by atoms with Crippen LogP contribution in [0.1, 0.15) is 19.3 Å². The van der Waals surface area contributed by atoms with Crippen molar-refractivity contribution < 1.29 is 4.79 Å². The van der Waals surface area contributed by atoms with Gasteiger partial charge in [-0.3, -0.25) is 9.78 Å². The van der Waals surface area contributed by atoms with Gasteiger partial charge in [-0.25, -0.2) is 4.98 Å². The Labute approximate surface area is 134 Å². The quantitative estimate of drug-likeness (QED) is 0.839. The number of carbonyl (C=O) groups is 1. The summed E-state index contributed by atoms with van der Waals surface area (Å²) in [5.74, 6) is 3.23. The number of fused-ring (bicyclic) bond motifs is 1. The lowest BCUT2D eigenvalue weighted by atomic mass is 10.2. The highest BCUT2D eigenvalue weighted by Gasteiger charge is 2.52. The van der Waals surface area contributed by atoms with Crippen LogP contribution in [0.5, 0.6) is 0 Å². The van der Waals surface area contributed by atoms with E-state index in [0.29, 0.717) is 17.7 Å². The number of piperazine rings is 1. The standard InChI is InChI=1S/C16H20N6O/c23-16(13-7-12(13)11-1-2-11)21-5-3-20(4-6-21)15-9-17-8-14-18-10-19-22(14)15/h8-13H,1-7H2. The Morgan fingerprint density at radius 2 is 1.96 bits per heavy atom. The lowest BCUT2D eigenvalue weighted by molar-refractivity contribution is -0.133. The summed E-state index contributed by atoms with van der Waals surface area (Å²) >= 11 is 0. The maximum Gasteiger partial charge on any atom is 0.226 e. The zero-order valence-corrected chi connectivity index (χ0v) is 13.0. The second-order valence-corrected chi connectivity index (χ2v) is 6.95. The largest absolute Gasteiger partial charge is 0.352 e. The topological polar surface area (TPSA) is 66.6 Å². The van der Waals surface area contributed by atoms with E-state index < -0.39 is 0 Å². The zero-order valence-electron chi connectivity index (χ0n) is 13.0. The number of rotatable bonds is 3. The lowest BCUT2D eigenvalue weighted by Crippen LogP contribution is -2.50. The van der Waals surface area contributed by atoms with Crippen molar-refractivity contribution in [3.8, 4) is 0 Å². The molecule has 2 saturated carbocycles. The first-order chi connectivity index (χ1) is 11.3. The Morgan fingerprint density at radius 1 is 1.13 bits per heavy atom. The summed E-state index contributed by atoms with van der Waals surface area (Å²) in [6.45, 7) is 3.23. The molecule has 5 rings (SSSR count). The van der Waals surface area contributed by atoms with Gasteiger partial charge in [-0.2, -0.15) is 9.61 Å². The normalized spacial score (nSPS) is 27.5. The number of aromatic nitrogens is 4. The van der Waals surface area contributed by atoms with Gasteiger partial charge in [0.1, 0.15) is 6.33 Å². The molecule has 2 unspecified atom stereocenters. The highest BCUT2D eigenvalue weighted by Crippen LogP contribution is 2.54. The summed E-state index contributed by atoms with van der Waals surface area (Å²) in [5, 5.41) is 4.27. The molecular formula is C16H20N6O. The van der Waals surface area contributed by atoms with Gasteiger partial charge in [0.15, 0.2) is 11.5 Å². The smallest absolute Gasteiger partial charge is 0.226 e. The van der Waals surface area contributed by atoms with E-state index in [1.807, 2.05) is 10.7 Å². The number of hydrogen-bond acceptors (Lipinski definition) is 5. The van der Waals surface area contributed by atoms with E-state index in [1.54, 1.807) is 12.5 Å². The number of hydrogen-bond donors (Lipinski definition) is 0. The van der Waals surface area contributed by atoms with E-state index in [-0.39, 0.29) is 0 Å². The van der Waals surface area contributed by atoms with Crippen LogP contribution in [-0.4, -0.2) is 56.6 Å². The van der Waals surface area contributed by atoms with Crippen LogP contribution >= 0.6 is 0 Å². The Bertz CT molecular complexity index is 746. The first-order valence-electron chi connectivity index (χ1n) is 8.49. The van der Waals surface area contributed by atoms with Gasteiger partial charge in [-0.05, 0) is 31.1 Å². The molecule has 2 aromatic rings. The van der Waals surface area contributed by atoms with Gasteiger partial charge in [0.05, 0.1) is 12.4 Å². The molecule has 2 aliphatic carbocycles. The van der Waals surface area contributed by atoms with Gasteiger partial charge in [0, 0.05) is 32.1 Å². The van der Waals surface area contributed by atoms with Gasteiger partial charge in [-0.1, -0.05) is 0 Å². The fraction of sp³-hybridized carbons (Fsp3) is 0.625. The third kappa shape index (κ3) is 2.26. The number of anilines is 1. The molecule has 1 aliphatic heterocycles. The average Bonchev–Trinajstić information content (AvgIpc) is 3.49. The fourth-order valence-electron chi connectivity index (χ4n) is 3.89. The molecule has 23 heavy (non-hydrogen) atoms. The van der Waals surface area contributed by atoms with E-state index in [1.165, 1.54) is 12.8 Å². The van der Waals surface area contributed by atoms with Crippen molar-refractivity contribution in [2.75, 3.05) is 31.1 Å². The predicted molar refractivity (Wildman–Crippen MR) is 83.9 cm³/mol. The van der Waals surface area contributed by atoms with E-state index in [4.69, 9.17) is 0 Å². The number of amides is 1. The molecule has 1 saturated heterocycles. The summed E-state index contributed by atoms with van der Waals surface area (Å²) in [4.78, 5) is 25.3. The van der Waals surface area contributed by atoms with Crippen LogP contribution in [0, 0.1) is 17.8 Å². The minimum atomic E-state index is 0.328. The summed E-state index contributed by atoms with van der Waals surface area (Å²) < 4.78 is 1.81. The van der Waals surface area contributed by atoms with Gasteiger partial charge in [-0.15, -0.1) is 0 Å². The Hall–Kier alpha value is -2.18. The Kier molecular flexibility index (Phi) is 2.83. The molecule has 2 aromatic heterocycles. The van der Waals surface area contributed by atoms with Crippen molar-refractivity contribution in [1.29, 1.82) is 0 Å². The second-order valence-electron chi connectivity index (χ2n) is 6.95. The molecule has 7 heteroatoms. The van der Waals surface area contributed by atoms with Crippen LogP contribution in [0.3, 0.4) is 0 Å². The van der Waals surface area contributed by atoms with Gasteiger partial charge in [0.25, 0.3) is 0 Å². The van der Waals surface area contributed by atoms with Crippen molar-refractivity contribution in [1.82, 2.24) is 24.5 Å². The van der Waals surface area contributed by atoms with E-state index in [0.717, 1.165) is 50.0 Å². The van der Waals surface area contributed by atoms with Crippen molar-refractivity contribution >= 4 is 17.4 Å². The maximum absolute atomic E-state index is 12.6. The van der Waals surface area contributed by atoms with Crippen LogP contribution in [0.15, 0.2) is 18.7 Å². The number of carbonyl (C=O) groups excluding carboxylic acids is 1. The van der Waals surface area contributed by atoms with E-state index >= 15 is 0 Å². The third-order valence-corrected chi connectivity index (χ3v) is 5.47. The maximum atomic E-state index is 12.6. The van der Waals surface area contributed by atoms with E-state index in [2.05, 4.69) is 24.9 Å². The molecule has 1 amide bonds. The first-order valence-corrected chi connectivity index (χ1v) is 8.49. The van der Waals surface area contributed by atoms with Crippen LogP contribution in [0.4, 0.5) is 5.82 Å². The molecule has 0 bridgehead atoms. The van der Waals surface area contributed by atoms with Gasteiger partial charge < -0.3 is 9.80 Å². The van der Waals surface area contributed by atoms with Crippen LogP contribution < -0.4 is 4.90 Å². The Balaban J connectivity index is 1.25. The molecule has 3 aliphatic rings. The van der Waals surface area contributed by atoms with E-state index in [9.17, 15) is 4.79 Å². The van der Waals surface area contributed by atoms with Crippen molar-refractivity contribution in [3.63, 3.8) is 0 Å². The molecule has 0 aromatic carbocycles. The third-order valence-electron chi connectivity index (χ3n) is 5.47. The highest BCUT2D eigenvalue weighted by molar-refractivity contribution is 5.82. The monoisotopic (exact) mass is 312 g/mol. The minimum Gasteiger partial charge on any atom is -0.352 e. The second kappa shape index (κ2) is 4.91. The summed E-state index contributed by atoms with van der Waals surface area (Å²) in [6.07, 6.45) is 8.90. The highest BCUT2D eigenvalue weighted by atomic mass is 16.2. The summed E-state index contributed by atoms with van der Waals surface area (Å²) in [7, 11) is 0. The zero-order chi connectivity index (χ0) is 15.4. The molecule has 0 spiro atoms. The molecule has 3 fully saturated rings. The molecule has 0 N–H and O–H groups in total. The lowest BCUT2D eigenvalue weighted by Gasteiger charge is -2.35. The Morgan fingerprint density at radius 3 is 2.74 bits per heavy atom. The minimum absolute atomic E-state index is 0.328. The predicted octanol–water partition coefficient (Wildman–Crippen LogP) is 0.819. The van der Waals surface area contributed by atoms with Gasteiger partial charge in [0.2, 0.25) is 5.91 Å². The molecule has 7 nitrogen and oxygen atoms in total. The number of nitrogens with zero attached hydrogens (tertiary/aromatic N) is 6. The van der Waals surface area contributed by atoms with Gasteiger partial charge >= 0.3 is 0 Å². The van der Waals surface area contributed by atoms with Crippen molar-refractivity contribution in [2.45, 2.75) is 19.3 Å². The SMILES string of the molecule is O=C(C1CC1C1CC1)N1CCN(c2cncc3ncnn23)CC1. The average molecular weight is 312 g/mol. The fourth-order valence-corrected chi connectivity index (χ4v) is 3.89. The summed E-state index contributed by atoms with van der Waals surface area (Å²) in [6, 6.07) is 0. The molecule has 2 atom stereocenters. The van der Waals surface area contributed by atoms with Crippen molar-refractivity contribution in [2.24, 2.45) is 17.8 Å². The molecule has 3 heterocycles. The van der Waals surface area contributed by atoms with Crippen molar-refractivity contribution in [3.05, 3.63) is 18.7 Å². The first kappa shape index (κ1) is 13.3. The molecule has 120 valence electrons. The molecule has 0 radical (unpaired) electrons. The van der Waals surface area contributed by atoms with Crippen LogP contribution in [-0.2, 0) is 4.79 Å². The van der Waals surface area contributed by atoms with Crippen LogP contribution in [0.25, 0.3) is 5.65 Å². The summed E-state index contributed by atoms with van der Waals surface area (Å²) in [5.41, 5.74) is 0.756.